The van der Waals surface area contributed by atoms with Crippen LogP contribution in [0.2, 0.25) is 0 Å². The molecule has 0 amide bonds. The lowest BCUT2D eigenvalue weighted by molar-refractivity contribution is 0.172. The maximum absolute atomic E-state index is 6.85. The van der Waals surface area contributed by atoms with Crippen molar-refractivity contribution in [3.05, 3.63) is 142 Å². The number of allylic oxidation sites excluding steroid dienone is 1. The summed E-state index contributed by atoms with van der Waals surface area (Å²) in [6, 6.07) is 35.7. The predicted molar refractivity (Wildman–Crippen MR) is 270 cm³/mol. The van der Waals surface area contributed by atoms with E-state index in [1.807, 2.05) is 0 Å². The standard InChI is InChI=1S/C59H67BN2O2/c1-36-30-49-52-50(31-36)62(47-22-18-38(55(2,3)4)32-40(47)37-16-14-13-15-17-37)53-45(21-23-51-54(53)64-29-28-63-51)60(52)46-34-43-44(59(11,12)27-26-58(43,9)10)35-48(46)61(49)39-19-20-41-42(33-39)57(7,8)25-24-56(41,5)6/h13-23,30,32-35,50H,24-29,31H2,1-12H3. The lowest BCUT2D eigenvalue weighted by Gasteiger charge is -2.52. The van der Waals surface area contributed by atoms with Gasteiger partial charge in [0, 0.05) is 28.3 Å². The largest absolute Gasteiger partial charge is 0.486 e. The average molecular weight is 847 g/mol. The van der Waals surface area contributed by atoms with E-state index in [-0.39, 0.29) is 39.8 Å². The van der Waals surface area contributed by atoms with Crippen molar-refractivity contribution in [3.63, 3.8) is 0 Å². The summed E-state index contributed by atoms with van der Waals surface area (Å²) in [5.74, 6) is 1.71. The third-order valence-corrected chi connectivity index (χ3v) is 16.5. The summed E-state index contributed by atoms with van der Waals surface area (Å²) in [5.41, 5.74) is 21.9. The van der Waals surface area contributed by atoms with E-state index in [9.17, 15) is 0 Å². The van der Waals surface area contributed by atoms with E-state index >= 15 is 0 Å². The third kappa shape index (κ3) is 6.22. The Morgan fingerprint density at radius 3 is 1.95 bits per heavy atom. The minimum absolute atomic E-state index is 0.0172. The Kier molecular flexibility index (Phi) is 9.04. The van der Waals surface area contributed by atoms with Crippen molar-refractivity contribution in [3.8, 4) is 22.6 Å². The van der Waals surface area contributed by atoms with Crippen molar-refractivity contribution in [1.29, 1.82) is 0 Å². The summed E-state index contributed by atoms with van der Waals surface area (Å²) < 4.78 is 13.3. The summed E-state index contributed by atoms with van der Waals surface area (Å²) in [6.45, 7) is 30.2. The fourth-order valence-electron chi connectivity index (χ4n) is 12.5. The van der Waals surface area contributed by atoms with E-state index < -0.39 is 0 Å². The SMILES string of the molecule is CC1=CC2=C3B(c4cc5c(cc4N2c2ccc4c(c2)C(C)(C)CCC4(C)C)C(C)(C)CCC5(C)C)c2ccc4c(c2N(c2ccc(C(C)(C)C)cc2-c2ccccc2)C3C1)OCCO4. The fourth-order valence-corrected chi connectivity index (χ4v) is 12.5. The molecule has 6 aliphatic rings. The first-order valence-corrected chi connectivity index (χ1v) is 24.2. The van der Waals surface area contributed by atoms with Crippen LogP contribution in [0.1, 0.15) is 143 Å². The quantitative estimate of drug-likeness (QED) is 0.169. The van der Waals surface area contributed by atoms with Crippen molar-refractivity contribution in [1.82, 2.24) is 0 Å². The molecule has 5 aromatic rings. The van der Waals surface area contributed by atoms with Gasteiger partial charge in [-0.15, -0.1) is 0 Å². The molecule has 0 spiro atoms. The van der Waals surface area contributed by atoms with Crippen LogP contribution in [-0.2, 0) is 27.1 Å². The summed E-state index contributed by atoms with van der Waals surface area (Å²) in [4.78, 5) is 5.39. The summed E-state index contributed by atoms with van der Waals surface area (Å²) in [6.07, 6.45) is 8.18. The highest BCUT2D eigenvalue weighted by molar-refractivity contribution is 6.94. The van der Waals surface area contributed by atoms with Crippen molar-refractivity contribution in [2.75, 3.05) is 23.0 Å². The molecule has 64 heavy (non-hydrogen) atoms. The molecule has 11 rings (SSSR count). The number of rotatable bonds is 3. The molecular weight excluding hydrogens is 779 g/mol. The Balaban J connectivity index is 1.25. The van der Waals surface area contributed by atoms with Crippen molar-refractivity contribution < 1.29 is 9.47 Å². The van der Waals surface area contributed by atoms with E-state index in [0.29, 0.717) is 13.2 Å². The topological polar surface area (TPSA) is 24.9 Å². The smallest absolute Gasteiger partial charge is 0.247 e. The zero-order valence-corrected chi connectivity index (χ0v) is 40.6. The van der Waals surface area contributed by atoms with E-state index in [0.717, 1.165) is 23.6 Å². The van der Waals surface area contributed by atoms with Gasteiger partial charge in [0.1, 0.15) is 13.2 Å². The number of nitrogens with zero attached hydrogens (tertiary/aromatic N) is 2. The second-order valence-corrected chi connectivity index (χ2v) is 23.8. The maximum Gasteiger partial charge on any atom is 0.247 e. The number of ether oxygens (including phenoxy) is 2. The zero-order chi connectivity index (χ0) is 44.9. The second kappa shape index (κ2) is 13.9. The Hall–Kier alpha value is -5.16. The number of benzene rings is 5. The van der Waals surface area contributed by atoms with Crippen LogP contribution in [0.3, 0.4) is 0 Å². The molecule has 5 heteroatoms. The molecule has 1 unspecified atom stereocenters. The predicted octanol–water partition coefficient (Wildman–Crippen LogP) is 13.5. The molecular formula is C59H67BN2O2. The van der Waals surface area contributed by atoms with Crippen LogP contribution in [0.5, 0.6) is 11.5 Å². The number of anilines is 4. The van der Waals surface area contributed by atoms with Gasteiger partial charge in [0.05, 0.1) is 11.7 Å². The van der Waals surface area contributed by atoms with Gasteiger partial charge in [-0.05, 0) is 158 Å². The minimum atomic E-state index is -0.0172. The maximum atomic E-state index is 6.85. The first-order valence-electron chi connectivity index (χ1n) is 24.2. The lowest BCUT2D eigenvalue weighted by atomic mass is 9.31. The lowest BCUT2D eigenvalue weighted by Crippen LogP contribution is -2.62. The van der Waals surface area contributed by atoms with Gasteiger partial charge in [0.25, 0.3) is 0 Å². The van der Waals surface area contributed by atoms with E-state index in [1.165, 1.54) is 109 Å². The summed E-state index contributed by atoms with van der Waals surface area (Å²) >= 11 is 0. The summed E-state index contributed by atoms with van der Waals surface area (Å²) in [7, 11) is 0. The van der Waals surface area contributed by atoms with Gasteiger partial charge in [0.2, 0.25) is 6.71 Å². The second-order valence-electron chi connectivity index (χ2n) is 23.8. The molecule has 0 radical (unpaired) electrons. The first kappa shape index (κ1) is 41.5. The molecule has 328 valence electrons. The highest BCUT2D eigenvalue weighted by Gasteiger charge is 2.52. The monoisotopic (exact) mass is 847 g/mol. The minimum Gasteiger partial charge on any atom is -0.486 e. The van der Waals surface area contributed by atoms with E-state index in [1.54, 1.807) is 0 Å². The molecule has 0 aromatic heterocycles. The first-order chi connectivity index (χ1) is 30.2. The van der Waals surface area contributed by atoms with Crippen molar-refractivity contribution in [2.45, 2.75) is 148 Å². The van der Waals surface area contributed by atoms with Gasteiger partial charge in [-0.25, -0.2) is 0 Å². The molecule has 1 atom stereocenters. The van der Waals surface area contributed by atoms with Crippen LogP contribution in [0, 0.1) is 0 Å². The Morgan fingerprint density at radius 1 is 0.625 bits per heavy atom. The van der Waals surface area contributed by atoms with Crippen LogP contribution in [0.25, 0.3) is 11.1 Å². The van der Waals surface area contributed by atoms with Crippen LogP contribution in [0.15, 0.2) is 114 Å². The molecule has 0 saturated heterocycles. The van der Waals surface area contributed by atoms with E-state index in [2.05, 4.69) is 190 Å². The normalized spacial score (nSPS) is 21.8. The van der Waals surface area contributed by atoms with Crippen LogP contribution in [-0.4, -0.2) is 26.0 Å². The third-order valence-electron chi connectivity index (χ3n) is 16.5. The molecule has 3 heterocycles. The van der Waals surface area contributed by atoms with Crippen molar-refractivity contribution in [2.24, 2.45) is 0 Å². The number of hydrogen-bond acceptors (Lipinski definition) is 4. The van der Waals surface area contributed by atoms with Crippen LogP contribution in [0.4, 0.5) is 22.7 Å². The van der Waals surface area contributed by atoms with Gasteiger partial charge in [-0.3, -0.25) is 0 Å². The zero-order valence-electron chi connectivity index (χ0n) is 40.6. The highest BCUT2D eigenvalue weighted by atomic mass is 16.6. The fraction of sp³-hybridized carbons (Fsp3) is 0.424. The Bertz CT molecular complexity index is 2830. The van der Waals surface area contributed by atoms with Crippen molar-refractivity contribution >= 4 is 40.4 Å². The molecule has 3 aliphatic carbocycles. The number of fused-ring (bicyclic) bond motifs is 8. The number of hydrogen-bond donors (Lipinski definition) is 0. The summed E-state index contributed by atoms with van der Waals surface area (Å²) in [5, 5.41) is 0. The molecule has 4 nitrogen and oxygen atoms in total. The van der Waals surface area contributed by atoms with Gasteiger partial charge in [0.15, 0.2) is 11.5 Å². The van der Waals surface area contributed by atoms with Gasteiger partial charge < -0.3 is 19.3 Å². The van der Waals surface area contributed by atoms with Gasteiger partial charge >= 0.3 is 0 Å². The van der Waals surface area contributed by atoms with Crippen LogP contribution >= 0.6 is 0 Å². The molecule has 0 bridgehead atoms. The molecule has 3 aliphatic heterocycles. The molecule has 0 saturated carbocycles. The average Bonchev–Trinajstić information content (AvgIpc) is 3.26. The molecule has 0 N–H and O–H groups in total. The molecule has 5 aromatic carbocycles. The van der Waals surface area contributed by atoms with E-state index in [4.69, 9.17) is 9.47 Å². The Morgan fingerprint density at radius 2 is 1.27 bits per heavy atom. The Labute approximate surface area is 383 Å². The van der Waals surface area contributed by atoms with Crippen LogP contribution < -0.4 is 30.2 Å². The highest BCUT2D eigenvalue weighted by Crippen LogP contribution is 2.56. The van der Waals surface area contributed by atoms with Gasteiger partial charge in [-0.1, -0.05) is 136 Å². The molecule has 0 fully saturated rings. The van der Waals surface area contributed by atoms with Gasteiger partial charge in [-0.2, -0.15) is 0 Å².